The van der Waals surface area contributed by atoms with Crippen LogP contribution in [0.3, 0.4) is 0 Å². The van der Waals surface area contributed by atoms with Crippen LogP contribution in [0.2, 0.25) is 0 Å². The fourth-order valence-corrected chi connectivity index (χ4v) is 2.97. The van der Waals surface area contributed by atoms with Crippen LogP contribution in [-0.2, 0) is 10.0 Å². The van der Waals surface area contributed by atoms with Gasteiger partial charge in [-0.3, -0.25) is 4.79 Å². The van der Waals surface area contributed by atoms with Gasteiger partial charge in [0, 0.05) is 12.1 Å². The second-order valence-corrected chi connectivity index (χ2v) is 6.14. The molecular formula is C9H11BrN2O4S. The van der Waals surface area contributed by atoms with Gasteiger partial charge in [-0.25, -0.2) is 13.6 Å². The number of hydrogen-bond acceptors (Lipinski definition) is 4. The van der Waals surface area contributed by atoms with E-state index in [0.29, 0.717) is 0 Å². The van der Waals surface area contributed by atoms with E-state index >= 15 is 0 Å². The number of carbonyl (C=O) groups excluding carboxylic acids is 1. The summed E-state index contributed by atoms with van der Waals surface area (Å²) in [4.78, 5) is 11.5. The first-order valence-corrected chi connectivity index (χ1v) is 7.35. The molecule has 0 spiro atoms. The summed E-state index contributed by atoms with van der Waals surface area (Å²) >= 11 is 2.91. The fraction of sp³-hybridized carbons (Fsp3) is 0.444. The number of primary sulfonamides is 1. The van der Waals surface area contributed by atoms with Gasteiger partial charge in [0.1, 0.15) is 4.90 Å². The minimum absolute atomic E-state index is 0.0567. The van der Waals surface area contributed by atoms with Gasteiger partial charge in [-0.05, 0) is 35.2 Å². The Kier molecular flexibility index (Phi) is 3.28. The summed E-state index contributed by atoms with van der Waals surface area (Å²) in [6.45, 7) is 0. The molecule has 1 aliphatic carbocycles. The molecule has 0 radical (unpaired) electrons. The average Bonchev–Trinajstić information content (AvgIpc) is 2.53. The van der Waals surface area contributed by atoms with Crippen LogP contribution >= 0.6 is 15.9 Å². The molecule has 0 atom stereocenters. The van der Waals surface area contributed by atoms with Crippen LogP contribution in [-0.4, -0.2) is 20.4 Å². The standard InChI is InChI=1S/C9H11BrN2O4S/c10-8-7(17(11,14)15)4-6(16-8)9(13)12-5-2-1-3-5/h4-5H,1-3H2,(H,12,13)(H2,11,14,15). The third-order valence-corrected chi connectivity index (χ3v) is 4.39. The topological polar surface area (TPSA) is 102 Å². The number of furan rings is 1. The Labute approximate surface area is 107 Å². The number of amides is 1. The first-order valence-electron chi connectivity index (χ1n) is 5.01. The molecule has 0 saturated heterocycles. The van der Waals surface area contributed by atoms with E-state index < -0.39 is 15.9 Å². The molecule has 6 nitrogen and oxygen atoms in total. The molecule has 1 heterocycles. The number of nitrogens with two attached hydrogens (primary N) is 1. The van der Waals surface area contributed by atoms with Crippen molar-refractivity contribution in [3.63, 3.8) is 0 Å². The zero-order valence-corrected chi connectivity index (χ0v) is 11.2. The maximum atomic E-state index is 11.7. The largest absolute Gasteiger partial charge is 0.443 e. The summed E-state index contributed by atoms with van der Waals surface area (Å²) in [6.07, 6.45) is 2.97. The maximum absolute atomic E-state index is 11.7. The van der Waals surface area contributed by atoms with Crippen molar-refractivity contribution in [3.05, 3.63) is 16.5 Å². The van der Waals surface area contributed by atoms with Crippen molar-refractivity contribution in [3.8, 4) is 0 Å². The second kappa shape index (κ2) is 4.43. The minimum atomic E-state index is -3.89. The van der Waals surface area contributed by atoms with E-state index in [1.807, 2.05) is 0 Å². The molecule has 2 rings (SSSR count). The third-order valence-electron chi connectivity index (χ3n) is 2.63. The predicted molar refractivity (Wildman–Crippen MR) is 62.9 cm³/mol. The van der Waals surface area contributed by atoms with Gasteiger partial charge in [-0.15, -0.1) is 0 Å². The lowest BCUT2D eigenvalue weighted by molar-refractivity contribution is 0.0887. The molecule has 17 heavy (non-hydrogen) atoms. The smallest absolute Gasteiger partial charge is 0.287 e. The van der Waals surface area contributed by atoms with Crippen molar-refractivity contribution >= 4 is 31.9 Å². The molecule has 3 N–H and O–H groups in total. The van der Waals surface area contributed by atoms with Crippen molar-refractivity contribution in [2.45, 2.75) is 30.2 Å². The van der Waals surface area contributed by atoms with E-state index in [1.165, 1.54) is 0 Å². The van der Waals surface area contributed by atoms with E-state index in [4.69, 9.17) is 9.56 Å². The average molecular weight is 323 g/mol. The highest BCUT2D eigenvalue weighted by atomic mass is 79.9. The lowest BCUT2D eigenvalue weighted by Gasteiger charge is -2.25. The van der Waals surface area contributed by atoms with Gasteiger partial charge in [0.2, 0.25) is 10.0 Å². The molecule has 0 aromatic carbocycles. The van der Waals surface area contributed by atoms with Gasteiger partial charge in [0.05, 0.1) is 0 Å². The van der Waals surface area contributed by atoms with Crippen molar-refractivity contribution in [1.29, 1.82) is 0 Å². The van der Waals surface area contributed by atoms with Gasteiger partial charge in [-0.2, -0.15) is 0 Å². The number of halogens is 1. The molecule has 1 fully saturated rings. The molecule has 1 aliphatic rings. The van der Waals surface area contributed by atoms with Crippen LogP contribution in [0.4, 0.5) is 0 Å². The van der Waals surface area contributed by atoms with Crippen LogP contribution < -0.4 is 10.5 Å². The maximum Gasteiger partial charge on any atom is 0.287 e. The lowest BCUT2D eigenvalue weighted by Crippen LogP contribution is -2.39. The summed E-state index contributed by atoms with van der Waals surface area (Å²) in [6, 6.07) is 1.28. The highest BCUT2D eigenvalue weighted by molar-refractivity contribution is 9.10. The normalized spacial score (nSPS) is 16.6. The highest BCUT2D eigenvalue weighted by Gasteiger charge is 2.25. The van der Waals surface area contributed by atoms with Crippen LogP contribution in [0.25, 0.3) is 0 Å². The quantitative estimate of drug-likeness (QED) is 0.865. The molecule has 1 aromatic heterocycles. The van der Waals surface area contributed by atoms with Gasteiger partial charge in [0.15, 0.2) is 10.4 Å². The Morgan fingerprint density at radius 3 is 2.59 bits per heavy atom. The third kappa shape index (κ3) is 2.70. The molecule has 0 unspecified atom stereocenters. The Bertz CT molecular complexity index is 547. The molecule has 8 heteroatoms. The zero-order chi connectivity index (χ0) is 12.6. The van der Waals surface area contributed by atoms with Gasteiger partial charge in [-0.1, -0.05) is 0 Å². The summed E-state index contributed by atoms with van der Waals surface area (Å²) in [5.41, 5.74) is 0. The molecule has 1 amide bonds. The number of hydrogen-bond donors (Lipinski definition) is 2. The molecule has 1 aromatic rings. The van der Waals surface area contributed by atoms with Crippen LogP contribution in [0.5, 0.6) is 0 Å². The van der Waals surface area contributed by atoms with Gasteiger partial charge in [0.25, 0.3) is 5.91 Å². The van der Waals surface area contributed by atoms with E-state index in [2.05, 4.69) is 21.2 Å². The van der Waals surface area contributed by atoms with E-state index in [9.17, 15) is 13.2 Å². The van der Waals surface area contributed by atoms with Gasteiger partial charge >= 0.3 is 0 Å². The Morgan fingerprint density at radius 2 is 2.18 bits per heavy atom. The Morgan fingerprint density at radius 1 is 1.53 bits per heavy atom. The van der Waals surface area contributed by atoms with E-state index in [0.717, 1.165) is 25.3 Å². The van der Waals surface area contributed by atoms with E-state index in [-0.39, 0.29) is 21.4 Å². The Balaban J connectivity index is 2.19. The minimum Gasteiger partial charge on any atom is -0.443 e. The second-order valence-electron chi connectivity index (χ2n) is 3.89. The van der Waals surface area contributed by atoms with Gasteiger partial charge < -0.3 is 9.73 Å². The number of carbonyl (C=O) groups is 1. The lowest BCUT2D eigenvalue weighted by atomic mass is 9.93. The van der Waals surface area contributed by atoms with E-state index in [1.54, 1.807) is 0 Å². The van der Waals surface area contributed by atoms with Crippen molar-refractivity contribution < 1.29 is 17.6 Å². The van der Waals surface area contributed by atoms with Crippen molar-refractivity contribution in [2.75, 3.05) is 0 Å². The summed E-state index contributed by atoms with van der Waals surface area (Å²) in [5, 5.41) is 7.70. The molecule has 94 valence electrons. The summed E-state index contributed by atoms with van der Waals surface area (Å²) in [5.74, 6) is -0.488. The summed E-state index contributed by atoms with van der Waals surface area (Å²) in [7, 11) is -3.89. The fourth-order valence-electron chi connectivity index (χ4n) is 1.47. The zero-order valence-electron chi connectivity index (χ0n) is 8.77. The van der Waals surface area contributed by atoms with Crippen LogP contribution in [0.15, 0.2) is 20.0 Å². The SMILES string of the molecule is NS(=O)(=O)c1cc(C(=O)NC2CCC2)oc1Br. The monoisotopic (exact) mass is 322 g/mol. The molecule has 0 aliphatic heterocycles. The molecule has 1 saturated carbocycles. The summed E-state index contributed by atoms with van der Waals surface area (Å²) < 4.78 is 27.2. The van der Waals surface area contributed by atoms with Crippen LogP contribution in [0.1, 0.15) is 29.8 Å². The molecular weight excluding hydrogens is 312 g/mol. The number of sulfonamides is 1. The number of nitrogens with one attached hydrogen (secondary N) is 1. The first kappa shape index (κ1) is 12.6. The highest BCUT2D eigenvalue weighted by Crippen LogP contribution is 2.26. The van der Waals surface area contributed by atoms with Crippen molar-refractivity contribution in [1.82, 2.24) is 5.32 Å². The Hall–Kier alpha value is -0.860. The first-order chi connectivity index (χ1) is 7.88. The van der Waals surface area contributed by atoms with Crippen LogP contribution in [0, 0.1) is 0 Å². The number of rotatable bonds is 3. The molecule has 0 bridgehead atoms. The van der Waals surface area contributed by atoms with Crippen molar-refractivity contribution in [2.24, 2.45) is 5.14 Å². The predicted octanol–water partition coefficient (Wildman–Crippen LogP) is 0.972.